The molecule has 4 aromatic rings. The van der Waals surface area contributed by atoms with E-state index in [0.717, 1.165) is 25.2 Å². The van der Waals surface area contributed by atoms with Gasteiger partial charge in [0.15, 0.2) is 5.82 Å². The maximum Gasteiger partial charge on any atom is 0.348 e. The number of esters is 1. The Kier molecular flexibility index (Phi) is 7.59. The first kappa shape index (κ1) is 24.7. The molecular formula is C25H27N9O2S. The van der Waals surface area contributed by atoms with Gasteiger partial charge in [-0.05, 0) is 50.2 Å². The predicted octanol–water partition coefficient (Wildman–Crippen LogP) is 3.38. The monoisotopic (exact) mass is 517 g/mol. The van der Waals surface area contributed by atoms with Crippen molar-refractivity contribution in [2.45, 2.75) is 19.4 Å². The number of ether oxygens (including phenoxy) is 1. The molecule has 12 heteroatoms. The number of nitrogens with two attached hydrogens (primary N) is 1. The van der Waals surface area contributed by atoms with E-state index in [0.29, 0.717) is 52.8 Å². The highest BCUT2D eigenvalue weighted by Crippen LogP contribution is 2.24. The number of aromatic nitrogens is 5. The summed E-state index contributed by atoms with van der Waals surface area (Å²) in [5, 5.41) is 8.13. The number of pyridine rings is 1. The maximum atomic E-state index is 12.4. The molecule has 0 bridgehead atoms. The van der Waals surface area contributed by atoms with Gasteiger partial charge in [-0.25, -0.2) is 24.7 Å². The molecule has 0 amide bonds. The lowest BCUT2D eigenvalue weighted by Gasteiger charge is -2.14. The van der Waals surface area contributed by atoms with Crippen molar-refractivity contribution in [3.8, 4) is 11.5 Å². The Hall–Kier alpha value is -4.00. The van der Waals surface area contributed by atoms with Crippen LogP contribution in [0.4, 0.5) is 23.3 Å². The van der Waals surface area contributed by atoms with E-state index in [-0.39, 0.29) is 12.0 Å². The Labute approximate surface area is 218 Å². The number of nitrogens with one attached hydrogen (secondary N) is 2. The second-order valence-corrected chi connectivity index (χ2v) is 9.54. The van der Waals surface area contributed by atoms with Crippen molar-refractivity contribution >= 4 is 40.6 Å². The number of nitrogens with zero attached hydrogens (tertiary/aromatic N) is 6. The van der Waals surface area contributed by atoms with Gasteiger partial charge < -0.3 is 21.1 Å². The van der Waals surface area contributed by atoms with Crippen LogP contribution < -0.4 is 16.4 Å². The molecule has 0 aliphatic carbocycles. The van der Waals surface area contributed by atoms with E-state index in [1.54, 1.807) is 30.6 Å². The Morgan fingerprint density at radius 1 is 1.14 bits per heavy atom. The molecule has 0 spiro atoms. The van der Waals surface area contributed by atoms with E-state index in [4.69, 9.17) is 10.5 Å². The van der Waals surface area contributed by atoms with Gasteiger partial charge in [0.25, 0.3) is 0 Å². The highest BCUT2D eigenvalue weighted by Gasteiger charge is 2.19. The van der Waals surface area contributed by atoms with Crippen LogP contribution in [0.5, 0.6) is 0 Å². The van der Waals surface area contributed by atoms with Crippen LogP contribution in [0, 0.1) is 6.92 Å². The van der Waals surface area contributed by atoms with E-state index >= 15 is 0 Å². The quantitative estimate of drug-likeness (QED) is 0.281. The Morgan fingerprint density at radius 3 is 2.78 bits per heavy atom. The standard InChI is InChI=1S/C25H27N9O2S/c1-16-3-2-4-19(29-16)23-27-8-5-21(32-23)31-22-6-9-28-25(33-22)30-18-13-20(37-15-18)24(35)36-12-11-34-10-7-17(26)14-34/h2-6,8-9,13,15,17H,7,10-12,14,26H2,1H3,(H2,27,28,30,31,32,33)/t17-/m1/s1. The zero-order valence-corrected chi connectivity index (χ0v) is 21.1. The second kappa shape index (κ2) is 11.4. The van der Waals surface area contributed by atoms with Crippen molar-refractivity contribution in [3.63, 3.8) is 0 Å². The molecule has 11 nitrogen and oxygen atoms in total. The number of likely N-dealkylation sites (tertiary alicyclic amines) is 1. The first-order valence-electron chi connectivity index (χ1n) is 11.9. The fraction of sp³-hybridized carbons (Fsp3) is 0.280. The molecule has 0 radical (unpaired) electrons. The number of carbonyl (C=O) groups is 1. The number of carbonyl (C=O) groups excluding carboxylic acids is 1. The van der Waals surface area contributed by atoms with Crippen LogP contribution >= 0.6 is 11.3 Å². The van der Waals surface area contributed by atoms with Gasteiger partial charge in [0.05, 0.1) is 5.69 Å². The number of anilines is 4. The minimum Gasteiger partial charge on any atom is -0.460 e. The van der Waals surface area contributed by atoms with Gasteiger partial charge in [-0.2, -0.15) is 4.98 Å². The molecule has 0 aromatic carbocycles. The van der Waals surface area contributed by atoms with E-state index in [1.165, 1.54) is 11.3 Å². The van der Waals surface area contributed by atoms with Crippen molar-refractivity contribution in [1.29, 1.82) is 0 Å². The Morgan fingerprint density at radius 2 is 1.97 bits per heavy atom. The van der Waals surface area contributed by atoms with Crippen LogP contribution in [0.1, 0.15) is 21.8 Å². The molecule has 4 N–H and O–H groups in total. The maximum absolute atomic E-state index is 12.4. The number of rotatable bonds is 9. The minimum absolute atomic E-state index is 0.215. The van der Waals surface area contributed by atoms with Gasteiger partial charge in [-0.15, -0.1) is 11.3 Å². The van der Waals surface area contributed by atoms with Gasteiger partial charge in [0.2, 0.25) is 5.95 Å². The number of hydrogen-bond donors (Lipinski definition) is 3. The van der Waals surface area contributed by atoms with Gasteiger partial charge in [-0.3, -0.25) is 4.90 Å². The van der Waals surface area contributed by atoms with Crippen LogP contribution in [-0.4, -0.2) is 68.1 Å². The molecule has 1 saturated heterocycles. The second-order valence-electron chi connectivity index (χ2n) is 8.63. The molecule has 1 aliphatic rings. The summed E-state index contributed by atoms with van der Waals surface area (Å²) < 4.78 is 5.43. The molecular weight excluding hydrogens is 490 g/mol. The molecule has 5 heterocycles. The largest absolute Gasteiger partial charge is 0.460 e. The van der Waals surface area contributed by atoms with Crippen LogP contribution in [0.3, 0.4) is 0 Å². The molecule has 1 atom stereocenters. The summed E-state index contributed by atoms with van der Waals surface area (Å²) in [5.41, 5.74) is 8.21. The highest BCUT2D eigenvalue weighted by molar-refractivity contribution is 7.12. The fourth-order valence-electron chi connectivity index (χ4n) is 3.88. The van der Waals surface area contributed by atoms with Crippen LogP contribution in [0.15, 0.2) is 54.2 Å². The third-order valence-electron chi connectivity index (χ3n) is 5.69. The molecule has 1 aliphatic heterocycles. The molecule has 0 saturated carbocycles. The summed E-state index contributed by atoms with van der Waals surface area (Å²) in [6.45, 7) is 4.75. The smallest absolute Gasteiger partial charge is 0.348 e. The summed E-state index contributed by atoms with van der Waals surface area (Å²) in [4.78, 5) is 37.2. The van der Waals surface area contributed by atoms with Crippen molar-refractivity contribution in [2.24, 2.45) is 5.73 Å². The SMILES string of the molecule is Cc1cccc(-c2nccc(Nc3ccnc(Nc4csc(C(=O)OCCN5CC[C@@H](N)C5)c4)n3)n2)n1. The molecule has 190 valence electrons. The molecule has 5 rings (SSSR count). The number of hydrogen-bond acceptors (Lipinski definition) is 12. The summed E-state index contributed by atoms with van der Waals surface area (Å²) in [7, 11) is 0. The van der Waals surface area contributed by atoms with E-state index < -0.39 is 0 Å². The number of thiophene rings is 1. The van der Waals surface area contributed by atoms with Gasteiger partial charge in [0, 0.05) is 42.6 Å². The summed E-state index contributed by atoms with van der Waals surface area (Å²) in [6, 6.07) is 11.1. The average Bonchev–Trinajstić information content (AvgIpc) is 3.53. The van der Waals surface area contributed by atoms with Crippen molar-refractivity contribution in [3.05, 3.63) is 64.7 Å². The molecule has 1 fully saturated rings. The summed E-state index contributed by atoms with van der Waals surface area (Å²) >= 11 is 1.30. The zero-order valence-electron chi connectivity index (χ0n) is 20.3. The van der Waals surface area contributed by atoms with Gasteiger partial charge in [-0.1, -0.05) is 6.07 Å². The Balaban J connectivity index is 1.18. The van der Waals surface area contributed by atoms with Crippen molar-refractivity contribution in [1.82, 2.24) is 29.8 Å². The molecule has 37 heavy (non-hydrogen) atoms. The van der Waals surface area contributed by atoms with E-state index in [1.807, 2.05) is 30.5 Å². The van der Waals surface area contributed by atoms with Gasteiger partial charge in [0.1, 0.15) is 28.8 Å². The normalized spacial score (nSPS) is 15.5. The molecule has 4 aromatic heterocycles. The summed E-state index contributed by atoms with van der Waals surface area (Å²) in [5.74, 6) is 1.68. The fourth-order valence-corrected chi connectivity index (χ4v) is 4.61. The lowest BCUT2D eigenvalue weighted by atomic mass is 10.3. The number of aryl methyl sites for hydroxylation is 1. The van der Waals surface area contributed by atoms with Crippen molar-refractivity contribution in [2.75, 3.05) is 36.9 Å². The highest BCUT2D eigenvalue weighted by atomic mass is 32.1. The predicted molar refractivity (Wildman–Crippen MR) is 142 cm³/mol. The zero-order chi connectivity index (χ0) is 25.6. The topological polar surface area (TPSA) is 144 Å². The van der Waals surface area contributed by atoms with E-state index in [9.17, 15) is 4.79 Å². The minimum atomic E-state index is -0.347. The van der Waals surface area contributed by atoms with Crippen molar-refractivity contribution < 1.29 is 9.53 Å². The summed E-state index contributed by atoms with van der Waals surface area (Å²) in [6.07, 6.45) is 4.28. The van der Waals surface area contributed by atoms with Gasteiger partial charge >= 0.3 is 5.97 Å². The van der Waals surface area contributed by atoms with Crippen LogP contribution in [-0.2, 0) is 4.74 Å². The lowest BCUT2D eigenvalue weighted by Crippen LogP contribution is -2.29. The third-order valence-corrected chi connectivity index (χ3v) is 6.60. The first-order valence-corrected chi connectivity index (χ1v) is 12.8. The third kappa shape index (κ3) is 6.61. The Bertz CT molecular complexity index is 1380. The lowest BCUT2D eigenvalue weighted by molar-refractivity contribution is 0.0477. The van der Waals surface area contributed by atoms with Crippen LogP contribution in [0.2, 0.25) is 0 Å². The average molecular weight is 518 g/mol. The van der Waals surface area contributed by atoms with E-state index in [2.05, 4.69) is 40.5 Å². The molecule has 0 unspecified atom stereocenters. The van der Waals surface area contributed by atoms with Crippen LogP contribution in [0.25, 0.3) is 11.5 Å². The first-order chi connectivity index (χ1) is 18.0.